The second kappa shape index (κ2) is 8.01. The minimum Gasteiger partial charge on any atom is -0.375 e. The van der Waals surface area contributed by atoms with E-state index in [1.165, 1.54) is 0 Å². The van der Waals surface area contributed by atoms with Gasteiger partial charge in [0, 0.05) is 20.5 Å². The van der Waals surface area contributed by atoms with Crippen LogP contribution in [-0.4, -0.2) is 16.8 Å². The summed E-state index contributed by atoms with van der Waals surface area (Å²) in [6, 6.07) is 16.7. The van der Waals surface area contributed by atoms with Gasteiger partial charge in [0.15, 0.2) is 11.4 Å². The summed E-state index contributed by atoms with van der Waals surface area (Å²) in [7, 11) is 0. The summed E-state index contributed by atoms with van der Waals surface area (Å²) in [6.45, 7) is 6.70. The largest absolute Gasteiger partial charge is 0.375 e. The summed E-state index contributed by atoms with van der Waals surface area (Å²) >= 11 is 4.98. The van der Waals surface area contributed by atoms with Crippen LogP contribution < -0.4 is 4.90 Å². The lowest BCUT2D eigenvalue weighted by atomic mass is 9.85. The third kappa shape index (κ3) is 4.12. The van der Waals surface area contributed by atoms with E-state index in [2.05, 4.69) is 36.7 Å². The first-order chi connectivity index (χ1) is 14.6. The fraction of sp³-hybridized carbons (Fsp3) is 0.280. The zero-order valence-electron chi connectivity index (χ0n) is 17.7. The first-order valence-electron chi connectivity index (χ1n) is 10.1. The molecule has 1 aliphatic heterocycles. The lowest BCUT2D eigenvalue weighted by Gasteiger charge is -2.23. The standard InChI is InChI=1S/C25H24BrNO3S/c1-24(2,3)17-8-6-16(7-9-17)22(28)14-25(30)20-13-18(26)10-11-21(20)27(23(25)29)15-19-5-4-12-31-19/h4-13,30H,14-15H2,1-3H3. The van der Waals surface area contributed by atoms with Crippen LogP contribution in [0.4, 0.5) is 5.69 Å². The molecule has 1 amide bonds. The summed E-state index contributed by atoms with van der Waals surface area (Å²) in [6.07, 6.45) is -0.301. The highest BCUT2D eigenvalue weighted by molar-refractivity contribution is 9.10. The molecule has 0 spiro atoms. The Morgan fingerprint density at radius 1 is 1.13 bits per heavy atom. The molecule has 0 saturated carbocycles. The van der Waals surface area contributed by atoms with E-state index in [1.807, 2.05) is 41.8 Å². The number of carbonyl (C=O) groups is 2. The van der Waals surface area contributed by atoms with Crippen molar-refractivity contribution in [2.45, 2.75) is 44.8 Å². The predicted molar refractivity (Wildman–Crippen MR) is 128 cm³/mol. The fourth-order valence-electron chi connectivity index (χ4n) is 3.90. The van der Waals surface area contributed by atoms with Gasteiger partial charge in [-0.3, -0.25) is 9.59 Å². The molecule has 4 rings (SSSR count). The first kappa shape index (κ1) is 21.9. The van der Waals surface area contributed by atoms with Gasteiger partial charge in [-0.25, -0.2) is 0 Å². The maximum atomic E-state index is 13.4. The molecule has 1 N–H and O–H groups in total. The van der Waals surface area contributed by atoms with Gasteiger partial charge in [-0.05, 0) is 40.6 Å². The fourth-order valence-corrected chi connectivity index (χ4v) is 4.95. The molecule has 1 aromatic heterocycles. The van der Waals surface area contributed by atoms with E-state index in [1.54, 1.807) is 34.4 Å². The van der Waals surface area contributed by atoms with Gasteiger partial charge in [0.05, 0.1) is 18.7 Å². The summed E-state index contributed by atoms with van der Waals surface area (Å²) in [5.41, 5.74) is 0.798. The van der Waals surface area contributed by atoms with E-state index in [4.69, 9.17) is 0 Å². The van der Waals surface area contributed by atoms with Crippen LogP contribution in [0.3, 0.4) is 0 Å². The number of amides is 1. The molecule has 6 heteroatoms. The summed E-state index contributed by atoms with van der Waals surface area (Å²) in [5, 5.41) is 13.5. The second-order valence-electron chi connectivity index (χ2n) is 8.92. The number of carbonyl (C=O) groups excluding carboxylic acids is 2. The van der Waals surface area contributed by atoms with Crippen molar-refractivity contribution in [1.82, 2.24) is 0 Å². The van der Waals surface area contributed by atoms with Gasteiger partial charge in [0.25, 0.3) is 5.91 Å². The number of hydrogen-bond donors (Lipinski definition) is 1. The van der Waals surface area contributed by atoms with Crippen molar-refractivity contribution in [3.63, 3.8) is 0 Å². The van der Waals surface area contributed by atoms with Gasteiger partial charge in [-0.1, -0.05) is 67.0 Å². The molecule has 3 aromatic rings. The molecule has 0 bridgehead atoms. The van der Waals surface area contributed by atoms with Crippen molar-refractivity contribution in [2.24, 2.45) is 0 Å². The maximum absolute atomic E-state index is 13.4. The number of nitrogens with zero attached hydrogens (tertiary/aromatic N) is 1. The number of rotatable bonds is 5. The average molecular weight is 498 g/mol. The maximum Gasteiger partial charge on any atom is 0.264 e. The van der Waals surface area contributed by atoms with E-state index >= 15 is 0 Å². The van der Waals surface area contributed by atoms with E-state index in [-0.39, 0.29) is 17.6 Å². The number of halogens is 1. The molecule has 4 nitrogen and oxygen atoms in total. The Hall–Kier alpha value is -2.28. The van der Waals surface area contributed by atoms with Crippen LogP contribution in [0.5, 0.6) is 0 Å². The Balaban J connectivity index is 1.66. The van der Waals surface area contributed by atoms with Crippen molar-refractivity contribution in [2.75, 3.05) is 4.90 Å². The van der Waals surface area contributed by atoms with Gasteiger partial charge in [-0.2, -0.15) is 0 Å². The smallest absolute Gasteiger partial charge is 0.264 e. The number of fused-ring (bicyclic) bond motifs is 1. The molecule has 1 atom stereocenters. The van der Waals surface area contributed by atoms with Crippen LogP contribution in [0.2, 0.25) is 0 Å². The molecule has 2 heterocycles. The molecule has 2 aromatic carbocycles. The molecule has 0 saturated heterocycles. The van der Waals surface area contributed by atoms with Crippen molar-refractivity contribution in [1.29, 1.82) is 0 Å². The summed E-state index contributed by atoms with van der Waals surface area (Å²) < 4.78 is 0.748. The molecule has 1 aliphatic rings. The number of anilines is 1. The van der Waals surface area contributed by atoms with E-state index < -0.39 is 11.5 Å². The number of benzene rings is 2. The molecule has 160 valence electrons. The second-order valence-corrected chi connectivity index (χ2v) is 10.9. The Bertz CT molecular complexity index is 1130. The average Bonchev–Trinajstić information content (AvgIpc) is 3.30. The molecule has 0 radical (unpaired) electrons. The predicted octanol–water partition coefficient (Wildman–Crippen LogP) is 5.82. The zero-order valence-corrected chi connectivity index (χ0v) is 20.1. The highest BCUT2D eigenvalue weighted by Gasteiger charge is 2.51. The molecular weight excluding hydrogens is 474 g/mol. The number of ketones is 1. The van der Waals surface area contributed by atoms with Gasteiger partial charge in [-0.15, -0.1) is 11.3 Å². The lowest BCUT2D eigenvalue weighted by molar-refractivity contribution is -0.136. The third-order valence-electron chi connectivity index (χ3n) is 5.68. The molecular formula is C25H24BrNO3S. The first-order valence-corrected chi connectivity index (χ1v) is 11.8. The Kier molecular flexibility index (Phi) is 5.66. The highest BCUT2D eigenvalue weighted by atomic mass is 79.9. The minimum atomic E-state index is -1.89. The summed E-state index contributed by atoms with van der Waals surface area (Å²) in [4.78, 5) is 29.1. The Morgan fingerprint density at radius 2 is 1.84 bits per heavy atom. The summed E-state index contributed by atoms with van der Waals surface area (Å²) in [5.74, 6) is -0.728. The van der Waals surface area contributed by atoms with Gasteiger partial charge >= 0.3 is 0 Å². The quantitative estimate of drug-likeness (QED) is 0.452. The SMILES string of the molecule is CC(C)(C)c1ccc(C(=O)CC2(O)C(=O)N(Cc3cccs3)c3ccc(Br)cc32)cc1. The third-order valence-corrected chi connectivity index (χ3v) is 7.03. The van der Waals surface area contributed by atoms with Gasteiger partial charge < -0.3 is 10.0 Å². The van der Waals surface area contributed by atoms with Crippen molar-refractivity contribution < 1.29 is 14.7 Å². The number of aliphatic hydroxyl groups is 1. The van der Waals surface area contributed by atoms with Gasteiger partial charge in [0.2, 0.25) is 0 Å². The highest BCUT2D eigenvalue weighted by Crippen LogP contribution is 2.45. The van der Waals surface area contributed by atoms with Gasteiger partial charge in [0.1, 0.15) is 0 Å². The number of hydrogen-bond acceptors (Lipinski definition) is 4. The van der Waals surface area contributed by atoms with Crippen molar-refractivity contribution >= 4 is 44.6 Å². The topological polar surface area (TPSA) is 57.6 Å². The van der Waals surface area contributed by atoms with Crippen LogP contribution >= 0.6 is 27.3 Å². The van der Waals surface area contributed by atoms with Crippen LogP contribution in [0.1, 0.15) is 53.6 Å². The Labute approximate surface area is 194 Å². The van der Waals surface area contributed by atoms with E-state index in [0.29, 0.717) is 23.4 Å². The molecule has 31 heavy (non-hydrogen) atoms. The lowest BCUT2D eigenvalue weighted by Crippen LogP contribution is -2.41. The molecule has 1 unspecified atom stereocenters. The van der Waals surface area contributed by atoms with Crippen LogP contribution in [0, 0.1) is 0 Å². The zero-order chi connectivity index (χ0) is 22.4. The van der Waals surface area contributed by atoms with Crippen LogP contribution in [0.25, 0.3) is 0 Å². The minimum absolute atomic E-state index is 0.0191. The number of Topliss-reactive ketones (excluding diaryl/α,β-unsaturated/α-hetero) is 1. The van der Waals surface area contributed by atoms with Crippen LogP contribution in [0.15, 0.2) is 64.5 Å². The molecule has 0 aliphatic carbocycles. The van der Waals surface area contributed by atoms with Crippen molar-refractivity contribution in [3.05, 3.63) is 86.0 Å². The normalized spacial score (nSPS) is 18.4. The van der Waals surface area contributed by atoms with Crippen LogP contribution in [-0.2, 0) is 22.4 Å². The molecule has 0 fully saturated rings. The van der Waals surface area contributed by atoms with E-state index in [9.17, 15) is 14.7 Å². The monoisotopic (exact) mass is 497 g/mol. The number of thiophene rings is 1. The Morgan fingerprint density at radius 3 is 2.45 bits per heavy atom. The van der Waals surface area contributed by atoms with E-state index in [0.717, 1.165) is 14.9 Å². The van der Waals surface area contributed by atoms with Crippen molar-refractivity contribution in [3.8, 4) is 0 Å².